The van der Waals surface area contributed by atoms with E-state index in [4.69, 9.17) is 4.74 Å². The summed E-state index contributed by atoms with van der Waals surface area (Å²) < 4.78 is 28.8. The van der Waals surface area contributed by atoms with Gasteiger partial charge in [-0.05, 0) is 42.5 Å². The Morgan fingerprint density at radius 3 is 2.46 bits per heavy atom. The maximum absolute atomic E-state index is 12.4. The third kappa shape index (κ3) is 3.92. The lowest BCUT2D eigenvalue weighted by Crippen LogP contribution is -2.13. The normalized spacial score (nSPS) is 11.2. The number of nitrogens with one attached hydrogen (secondary N) is 1. The highest BCUT2D eigenvalue weighted by molar-refractivity contribution is 7.90. The highest BCUT2D eigenvalue weighted by Crippen LogP contribution is 2.26. The third-order valence-electron chi connectivity index (χ3n) is 3.65. The average Bonchev–Trinajstić information content (AvgIpc) is 3.15. The van der Waals surface area contributed by atoms with Gasteiger partial charge in [-0.1, -0.05) is 0 Å². The summed E-state index contributed by atoms with van der Waals surface area (Å²) in [6.07, 6.45) is 2.81. The van der Waals surface area contributed by atoms with E-state index in [2.05, 4.69) is 10.3 Å². The van der Waals surface area contributed by atoms with Crippen LogP contribution in [0.3, 0.4) is 0 Å². The molecule has 0 unspecified atom stereocenters. The second kappa shape index (κ2) is 7.27. The quantitative estimate of drug-likeness (QED) is 0.723. The smallest absolute Gasteiger partial charge is 0.255 e. The van der Waals surface area contributed by atoms with Crippen LogP contribution in [0.25, 0.3) is 10.6 Å². The molecule has 1 heterocycles. The summed E-state index contributed by atoms with van der Waals surface area (Å²) in [5, 5.41) is 5.55. The van der Waals surface area contributed by atoms with E-state index in [0.29, 0.717) is 5.69 Å². The van der Waals surface area contributed by atoms with Crippen LogP contribution in [0.2, 0.25) is 0 Å². The summed E-state index contributed by atoms with van der Waals surface area (Å²) in [7, 11) is -2.13. The van der Waals surface area contributed by atoms with E-state index in [1.807, 2.05) is 17.5 Å². The van der Waals surface area contributed by atoms with Crippen molar-refractivity contribution in [2.45, 2.75) is 4.90 Å². The number of benzene rings is 2. The topological polar surface area (TPSA) is 85.4 Å². The molecule has 0 saturated carbocycles. The van der Waals surface area contributed by atoms with Gasteiger partial charge in [0.25, 0.3) is 5.91 Å². The van der Waals surface area contributed by atoms with Gasteiger partial charge in [-0.15, -0.1) is 11.3 Å². The Hall–Kier alpha value is -2.71. The molecule has 0 aliphatic carbocycles. The van der Waals surface area contributed by atoms with Crippen molar-refractivity contribution in [3.63, 3.8) is 0 Å². The first-order chi connectivity index (χ1) is 12.4. The number of hydrogen-bond donors (Lipinski definition) is 1. The average molecular weight is 388 g/mol. The van der Waals surface area contributed by atoms with Crippen molar-refractivity contribution >= 4 is 32.8 Å². The molecule has 0 fully saturated rings. The number of hydrogen-bond acceptors (Lipinski definition) is 6. The molecule has 0 atom stereocenters. The number of ether oxygens (including phenoxy) is 1. The predicted octanol–water partition coefficient (Wildman–Crippen LogP) is 3.47. The fraction of sp³-hybridized carbons (Fsp3) is 0.111. The van der Waals surface area contributed by atoms with Crippen molar-refractivity contribution in [3.8, 4) is 16.3 Å². The molecule has 1 N–H and O–H groups in total. The molecule has 134 valence electrons. The molecular formula is C18H16N2O4S2. The lowest BCUT2D eigenvalue weighted by Gasteiger charge is -2.10. The lowest BCUT2D eigenvalue weighted by atomic mass is 10.2. The summed E-state index contributed by atoms with van der Waals surface area (Å²) >= 11 is 1.53. The number of anilines is 1. The monoisotopic (exact) mass is 388 g/mol. The number of aromatic nitrogens is 1. The zero-order chi connectivity index (χ0) is 18.7. The van der Waals surface area contributed by atoms with Crippen LogP contribution in [0.15, 0.2) is 58.9 Å². The summed E-state index contributed by atoms with van der Waals surface area (Å²) in [5.41, 5.74) is 1.80. The number of amides is 1. The van der Waals surface area contributed by atoms with Crippen LogP contribution in [0.5, 0.6) is 5.75 Å². The molecule has 1 amide bonds. The maximum atomic E-state index is 12.4. The van der Waals surface area contributed by atoms with Crippen molar-refractivity contribution in [3.05, 3.63) is 59.6 Å². The minimum Gasteiger partial charge on any atom is -0.495 e. The number of rotatable bonds is 5. The van der Waals surface area contributed by atoms with E-state index in [1.165, 1.54) is 36.6 Å². The fourth-order valence-corrected chi connectivity index (χ4v) is 3.88. The second-order valence-electron chi connectivity index (χ2n) is 5.51. The molecule has 26 heavy (non-hydrogen) atoms. The van der Waals surface area contributed by atoms with Crippen molar-refractivity contribution in [1.29, 1.82) is 0 Å². The fourth-order valence-electron chi connectivity index (χ4n) is 2.37. The van der Waals surface area contributed by atoms with Gasteiger partial charge in [0.2, 0.25) is 0 Å². The van der Waals surface area contributed by atoms with Gasteiger partial charge in [-0.25, -0.2) is 13.4 Å². The van der Waals surface area contributed by atoms with E-state index < -0.39 is 15.7 Å². The molecule has 0 aliphatic heterocycles. The number of thiazole rings is 1. The first kappa shape index (κ1) is 18.1. The maximum Gasteiger partial charge on any atom is 0.255 e. The number of carbonyl (C=O) groups excluding carboxylic acids is 1. The van der Waals surface area contributed by atoms with Crippen molar-refractivity contribution < 1.29 is 17.9 Å². The molecule has 3 aromatic rings. The number of carbonyl (C=O) groups is 1. The molecule has 0 saturated heterocycles. The largest absolute Gasteiger partial charge is 0.495 e. The second-order valence-corrected chi connectivity index (χ2v) is 8.39. The Kier molecular flexibility index (Phi) is 5.06. The third-order valence-corrected chi connectivity index (χ3v) is 5.59. The molecule has 0 bridgehead atoms. The lowest BCUT2D eigenvalue weighted by molar-refractivity contribution is 0.102. The molecule has 1 aromatic heterocycles. The van der Waals surface area contributed by atoms with Gasteiger partial charge in [-0.2, -0.15) is 0 Å². The van der Waals surface area contributed by atoms with Crippen molar-refractivity contribution in [2.75, 3.05) is 18.7 Å². The Morgan fingerprint density at radius 2 is 1.88 bits per heavy atom. The summed E-state index contributed by atoms with van der Waals surface area (Å²) in [6.45, 7) is 0. The molecule has 0 radical (unpaired) electrons. The summed E-state index contributed by atoms with van der Waals surface area (Å²) in [4.78, 5) is 16.7. The standard InChI is InChI=1S/C18H16N2O4S2/c1-24-15-8-5-13(11-16(15)26(2,22)23)17(21)20-14-6-3-12(4-7-14)18-19-9-10-25-18/h3-11H,1-2H3,(H,20,21). The van der Waals surface area contributed by atoms with Gasteiger partial charge >= 0.3 is 0 Å². The number of nitrogens with zero attached hydrogens (tertiary/aromatic N) is 1. The summed E-state index contributed by atoms with van der Waals surface area (Å²) in [5.74, 6) is -0.198. The van der Waals surface area contributed by atoms with Gasteiger partial charge in [0.1, 0.15) is 15.7 Å². The van der Waals surface area contributed by atoms with Gasteiger partial charge in [0, 0.05) is 34.6 Å². The highest BCUT2D eigenvalue weighted by Gasteiger charge is 2.17. The van der Waals surface area contributed by atoms with Crippen LogP contribution in [0.4, 0.5) is 5.69 Å². The SMILES string of the molecule is COc1ccc(C(=O)Nc2ccc(-c3nccs3)cc2)cc1S(C)(=O)=O. The Bertz CT molecular complexity index is 1030. The van der Waals surface area contributed by atoms with E-state index in [9.17, 15) is 13.2 Å². The first-order valence-electron chi connectivity index (χ1n) is 7.58. The van der Waals surface area contributed by atoms with Crippen LogP contribution in [-0.4, -0.2) is 32.7 Å². The van der Waals surface area contributed by atoms with Gasteiger partial charge in [-0.3, -0.25) is 4.79 Å². The van der Waals surface area contributed by atoms with Crippen molar-refractivity contribution in [2.24, 2.45) is 0 Å². The first-order valence-corrected chi connectivity index (χ1v) is 10.3. The van der Waals surface area contributed by atoms with E-state index in [0.717, 1.165) is 16.8 Å². The highest BCUT2D eigenvalue weighted by atomic mass is 32.2. The Labute approximate surface area is 155 Å². The Balaban J connectivity index is 1.82. The van der Waals surface area contributed by atoms with Crippen LogP contribution in [0.1, 0.15) is 10.4 Å². The van der Waals surface area contributed by atoms with E-state index >= 15 is 0 Å². The molecule has 0 aliphatic rings. The van der Waals surface area contributed by atoms with E-state index in [-0.39, 0.29) is 16.2 Å². The summed E-state index contributed by atoms with van der Waals surface area (Å²) in [6, 6.07) is 11.6. The predicted molar refractivity (Wildman–Crippen MR) is 102 cm³/mol. The molecule has 6 nitrogen and oxygen atoms in total. The zero-order valence-corrected chi connectivity index (χ0v) is 15.7. The van der Waals surface area contributed by atoms with Crippen molar-refractivity contribution in [1.82, 2.24) is 4.98 Å². The van der Waals surface area contributed by atoms with Crippen LogP contribution in [-0.2, 0) is 9.84 Å². The van der Waals surface area contributed by atoms with Crippen LogP contribution < -0.4 is 10.1 Å². The van der Waals surface area contributed by atoms with Gasteiger partial charge in [0.15, 0.2) is 9.84 Å². The number of sulfone groups is 1. The zero-order valence-electron chi connectivity index (χ0n) is 14.1. The van der Waals surface area contributed by atoms with Gasteiger partial charge < -0.3 is 10.1 Å². The molecular weight excluding hydrogens is 372 g/mol. The minimum absolute atomic E-state index is 0.0215. The van der Waals surface area contributed by atoms with Gasteiger partial charge in [0.05, 0.1) is 7.11 Å². The van der Waals surface area contributed by atoms with Crippen LogP contribution >= 0.6 is 11.3 Å². The minimum atomic E-state index is -3.52. The van der Waals surface area contributed by atoms with Crippen LogP contribution in [0, 0.1) is 0 Å². The van der Waals surface area contributed by atoms with E-state index in [1.54, 1.807) is 18.3 Å². The Morgan fingerprint density at radius 1 is 1.15 bits per heavy atom. The molecule has 0 spiro atoms. The number of methoxy groups -OCH3 is 1. The molecule has 2 aromatic carbocycles. The molecule has 8 heteroatoms. The molecule has 3 rings (SSSR count).